The van der Waals surface area contributed by atoms with E-state index in [0.717, 1.165) is 16.7 Å². The van der Waals surface area contributed by atoms with Crippen LogP contribution in [0.15, 0.2) is 125 Å². The molecule has 0 spiro atoms. The molecule has 0 aromatic heterocycles. The lowest BCUT2D eigenvalue weighted by Crippen LogP contribution is -2.44. The van der Waals surface area contributed by atoms with Crippen LogP contribution in [0, 0.1) is 0 Å². The molecule has 6 nitrogen and oxygen atoms in total. The van der Waals surface area contributed by atoms with Crippen molar-refractivity contribution >= 4 is 21.6 Å². The standard InChI is InChI=1S/C32H30N2O4S/c1-3-38-31(35)32(27-17-11-6-12-18-27)29(25-19-21-28(22-20-25)39(2,36)37)34(23-24-13-7-4-8-14-24)30(33-32)26-15-9-5-10-16-26/h4-22,29H,3,23H2,1-2H3. The Morgan fingerprint density at radius 1 is 0.846 bits per heavy atom. The summed E-state index contributed by atoms with van der Waals surface area (Å²) in [5.41, 5.74) is 1.94. The summed E-state index contributed by atoms with van der Waals surface area (Å²) >= 11 is 0. The highest BCUT2D eigenvalue weighted by Gasteiger charge is 2.57. The van der Waals surface area contributed by atoms with Gasteiger partial charge in [0.15, 0.2) is 9.84 Å². The highest BCUT2D eigenvalue weighted by molar-refractivity contribution is 7.90. The molecule has 39 heavy (non-hydrogen) atoms. The minimum Gasteiger partial charge on any atom is -0.464 e. The molecule has 198 valence electrons. The molecular formula is C32H30N2O4S. The van der Waals surface area contributed by atoms with Gasteiger partial charge in [-0.1, -0.05) is 103 Å². The molecule has 4 aromatic carbocycles. The molecule has 1 heterocycles. The van der Waals surface area contributed by atoms with E-state index in [1.807, 2.05) is 91.0 Å². The number of ether oxygens (including phenoxy) is 1. The molecule has 0 radical (unpaired) electrons. The van der Waals surface area contributed by atoms with Gasteiger partial charge >= 0.3 is 5.97 Å². The summed E-state index contributed by atoms with van der Waals surface area (Å²) in [5.74, 6) is 0.200. The monoisotopic (exact) mass is 538 g/mol. The van der Waals surface area contributed by atoms with Crippen LogP contribution >= 0.6 is 0 Å². The second-order valence-electron chi connectivity index (χ2n) is 9.51. The normalized spacial score (nSPS) is 19.0. The van der Waals surface area contributed by atoms with Crippen molar-refractivity contribution in [3.05, 3.63) is 138 Å². The lowest BCUT2D eigenvalue weighted by atomic mass is 9.79. The Labute approximate surface area is 229 Å². The maximum Gasteiger partial charge on any atom is 0.341 e. The molecule has 0 N–H and O–H groups in total. The third-order valence-corrected chi connectivity index (χ3v) is 8.04. The number of carbonyl (C=O) groups excluding carboxylic acids is 1. The fraction of sp³-hybridized carbons (Fsp3) is 0.188. The van der Waals surface area contributed by atoms with Crippen molar-refractivity contribution in [2.24, 2.45) is 4.99 Å². The van der Waals surface area contributed by atoms with E-state index in [9.17, 15) is 13.2 Å². The maximum atomic E-state index is 14.1. The van der Waals surface area contributed by atoms with Gasteiger partial charge in [0.05, 0.1) is 17.5 Å². The van der Waals surface area contributed by atoms with Crippen molar-refractivity contribution < 1.29 is 17.9 Å². The average Bonchev–Trinajstić information content (AvgIpc) is 3.30. The molecule has 7 heteroatoms. The van der Waals surface area contributed by atoms with E-state index in [1.165, 1.54) is 6.26 Å². The SMILES string of the molecule is CCOC(=O)C1(c2ccccc2)N=C(c2ccccc2)N(Cc2ccccc2)C1c1ccc(S(C)(=O)=O)cc1. The first-order chi connectivity index (χ1) is 18.8. The van der Waals surface area contributed by atoms with Crippen LogP contribution in [0.2, 0.25) is 0 Å². The molecule has 0 bridgehead atoms. The number of rotatable bonds is 8. The van der Waals surface area contributed by atoms with Gasteiger partial charge in [-0.05, 0) is 35.7 Å². The van der Waals surface area contributed by atoms with E-state index >= 15 is 0 Å². The third kappa shape index (κ3) is 5.10. The van der Waals surface area contributed by atoms with Crippen molar-refractivity contribution in [3.8, 4) is 0 Å². The maximum absolute atomic E-state index is 14.1. The molecule has 0 amide bonds. The number of esters is 1. The summed E-state index contributed by atoms with van der Waals surface area (Å²) in [7, 11) is -3.40. The number of sulfone groups is 1. The summed E-state index contributed by atoms with van der Waals surface area (Å²) < 4.78 is 30.2. The summed E-state index contributed by atoms with van der Waals surface area (Å²) in [5, 5.41) is 0. The molecule has 0 fully saturated rings. The van der Waals surface area contributed by atoms with Crippen molar-refractivity contribution in [3.63, 3.8) is 0 Å². The third-order valence-electron chi connectivity index (χ3n) is 6.91. The van der Waals surface area contributed by atoms with Gasteiger partial charge in [-0.25, -0.2) is 18.2 Å². The number of amidine groups is 1. The van der Waals surface area contributed by atoms with Crippen LogP contribution < -0.4 is 0 Å². The van der Waals surface area contributed by atoms with E-state index < -0.39 is 27.4 Å². The van der Waals surface area contributed by atoms with Crippen molar-refractivity contribution in [2.75, 3.05) is 12.9 Å². The van der Waals surface area contributed by atoms with Crippen LogP contribution in [0.3, 0.4) is 0 Å². The predicted octanol–water partition coefficient (Wildman–Crippen LogP) is 5.55. The number of nitrogens with zero attached hydrogens (tertiary/aromatic N) is 2. The summed E-state index contributed by atoms with van der Waals surface area (Å²) in [6.07, 6.45) is 1.18. The summed E-state index contributed by atoms with van der Waals surface area (Å²) in [6, 6.07) is 35.4. The van der Waals surface area contributed by atoms with Crippen LogP contribution in [0.4, 0.5) is 0 Å². The lowest BCUT2D eigenvalue weighted by molar-refractivity contribution is -0.151. The van der Waals surface area contributed by atoms with Crippen LogP contribution in [0.1, 0.15) is 35.2 Å². The smallest absolute Gasteiger partial charge is 0.341 e. The number of carbonyl (C=O) groups is 1. The Hall–Kier alpha value is -4.23. The molecule has 5 rings (SSSR count). The van der Waals surface area contributed by atoms with E-state index in [1.54, 1.807) is 31.2 Å². The van der Waals surface area contributed by atoms with Gasteiger partial charge in [0.2, 0.25) is 5.54 Å². The quantitative estimate of drug-likeness (QED) is 0.275. The van der Waals surface area contributed by atoms with Gasteiger partial charge < -0.3 is 9.64 Å². The zero-order valence-electron chi connectivity index (χ0n) is 21.9. The zero-order chi connectivity index (χ0) is 27.5. The van der Waals surface area contributed by atoms with E-state index in [0.29, 0.717) is 17.9 Å². The van der Waals surface area contributed by atoms with Crippen LogP contribution in [-0.4, -0.2) is 38.0 Å². The van der Waals surface area contributed by atoms with E-state index in [2.05, 4.69) is 4.90 Å². The average molecular weight is 539 g/mol. The Morgan fingerprint density at radius 3 is 1.97 bits per heavy atom. The minimum atomic E-state index is -3.40. The van der Waals surface area contributed by atoms with Crippen LogP contribution in [-0.2, 0) is 31.5 Å². The van der Waals surface area contributed by atoms with Gasteiger partial charge in [0, 0.05) is 18.4 Å². The van der Waals surface area contributed by atoms with E-state index in [-0.39, 0.29) is 11.5 Å². The van der Waals surface area contributed by atoms with Crippen LogP contribution in [0.25, 0.3) is 0 Å². The Balaban J connectivity index is 1.80. The fourth-order valence-electron chi connectivity index (χ4n) is 5.15. The van der Waals surface area contributed by atoms with Crippen molar-refractivity contribution in [1.29, 1.82) is 0 Å². The second-order valence-corrected chi connectivity index (χ2v) is 11.5. The highest BCUT2D eigenvalue weighted by Crippen LogP contribution is 2.50. The summed E-state index contributed by atoms with van der Waals surface area (Å²) in [4.78, 5) is 21.7. The number of benzene rings is 4. The molecule has 2 atom stereocenters. The number of hydrogen-bond acceptors (Lipinski definition) is 6. The molecule has 1 aliphatic heterocycles. The molecular weight excluding hydrogens is 508 g/mol. The molecule has 2 unspecified atom stereocenters. The molecule has 4 aromatic rings. The molecule has 1 aliphatic rings. The van der Waals surface area contributed by atoms with Crippen molar-refractivity contribution in [2.45, 2.75) is 29.9 Å². The summed E-state index contributed by atoms with van der Waals surface area (Å²) in [6.45, 7) is 2.45. The van der Waals surface area contributed by atoms with Gasteiger partial charge in [0.1, 0.15) is 5.84 Å². The van der Waals surface area contributed by atoms with Gasteiger partial charge in [-0.3, -0.25) is 0 Å². The lowest BCUT2D eigenvalue weighted by Gasteiger charge is -2.37. The van der Waals surface area contributed by atoms with Gasteiger partial charge in [0.25, 0.3) is 0 Å². The number of aliphatic imine (C=N–C) groups is 1. The van der Waals surface area contributed by atoms with Crippen molar-refractivity contribution in [1.82, 2.24) is 4.90 Å². The van der Waals surface area contributed by atoms with Gasteiger partial charge in [-0.15, -0.1) is 0 Å². The molecule has 0 saturated carbocycles. The Kier molecular flexibility index (Phi) is 7.35. The first-order valence-corrected chi connectivity index (χ1v) is 14.7. The number of hydrogen-bond donors (Lipinski definition) is 0. The Bertz CT molecular complexity index is 1570. The molecule has 0 saturated heterocycles. The van der Waals surface area contributed by atoms with E-state index in [4.69, 9.17) is 9.73 Å². The van der Waals surface area contributed by atoms with Crippen LogP contribution in [0.5, 0.6) is 0 Å². The molecule has 0 aliphatic carbocycles. The van der Waals surface area contributed by atoms with Gasteiger partial charge in [-0.2, -0.15) is 0 Å². The Morgan fingerprint density at radius 2 is 1.41 bits per heavy atom. The second kappa shape index (κ2) is 10.9. The zero-order valence-corrected chi connectivity index (χ0v) is 22.7. The first kappa shape index (κ1) is 26.4. The first-order valence-electron chi connectivity index (χ1n) is 12.8. The fourth-order valence-corrected chi connectivity index (χ4v) is 5.78. The minimum absolute atomic E-state index is 0.196. The predicted molar refractivity (Wildman–Crippen MR) is 152 cm³/mol. The topological polar surface area (TPSA) is 76.0 Å². The largest absolute Gasteiger partial charge is 0.464 e. The highest BCUT2D eigenvalue weighted by atomic mass is 32.2.